The Morgan fingerprint density at radius 2 is 1.88 bits per heavy atom. The lowest BCUT2D eigenvalue weighted by atomic mass is 10.1. The monoisotopic (exact) mass is 329 g/mol. The Labute approximate surface area is 144 Å². The summed E-state index contributed by atoms with van der Waals surface area (Å²) in [5, 5.41) is 15.4. The van der Waals surface area contributed by atoms with Crippen molar-refractivity contribution in [2.75, 3.05) is 5.32 Å². The smallest absolute Gasteiger partial charge is 0.335 e. The number of nitrogens with zero attached hydrogens (tertiary/aromatic N) is 2. The molecule has 25 heavy (non-hydrogen) atoms. The number of carbonyl (C=O) groups is 1. The van der Waals surface area contributed by atoms with Crippen LogP contribution in [0.4, 0.5) is 11.5 Å². The summed E-state index contributed by atoms with van der Waals surface area (Å²) >= 11 is 0. The molecule has 0 aliphatic heterocycles. The Morgan fingerprint density at radius 1 is 1.04 bits per heavy atom. The van der Waals surface area contributed by atoms with E-state index in [2.05, 4.69) is 15.3 Å². The number of aromatic nitrogens is 2. The average molecular weight is 329 g/mol. The summed E-state index contributed by atoms with van der Waals surface area (Å²) in [6, 6.07) is 14.8. The molecule has 2 heterocycles. The molecule has 4 rings (SSSR count). The number of benzene rings is 2. The van der Waals surface area contributed by atoms with Crippen LogP contribution < -0.4 is 5.32 Å². The van der Waals surface area contributed by atoms with E-state index in [-0.39, 0.29) is 5.56 Å². The molecule has 122 valence electrons. The van der Waals surface area contributed by atoms with E-state index in [9.17, 15) is 9.90 Å². The lowest BCUT2D eigenvalue weighted by molar-refractivity contribution is 0.0697. The van der Waals surface area contributed by atoms with Gasteiger partial charge < -0.3 is 10.4 Å². The zero-order valence-corrected chi connectivity index (χ0v) is 13.5. The third-order valence-corrected chi connectivity index (χ3v) is 4.24. The molecule has 2 aromatic carbocycles. The molecule has 4 aromatic rings. The summed E-state index contributed by atoms with van der Waals surface area (Å²) < 4.78 is 0. The number of carboxylic acids is 1. The first-order chi connectivity index (χ1) is 12.1. The second-order valence-electron chi connectivity index (χ2n) is 5.86. The van der Waals surface area contributed by atoms with Crippen molar-refractivity contribution in [1.82, 2.24) is 9.97 Å². The van der Waals surface area contributed by atoms with Gasteiger partial charge >= 0.3 is 5.97 Å². The quantitative estimate of drug-likeness (QED) is 0.540. The average Bonchev–Trinajstić information content (AvgIpc) is 2.63. The van der Waals surface area contributed by atoms with E-state index in [0.29, 0.717) is 11.3 Å². The van der Waals surface area contributed by atoms with Crippen LogP contribution >= 0.6 is 0 Å². The molecule has 5 nitrogen and oxygen atoms in total. The van der Waals surface area contributed by atoms with Gasteiger partial charge in [0.15, 0.2) is 0 Å². The molecule has 0 aliphatic rings. The number of fused-ring (bicyclic) bond motifs is 3. The van der Waals surface area contributed by atoms with Crippen LogP contribution in [0, 0.1) is 6.92 Å². The van der Waals surface area contributed by atoms with Gasteiger partial charge in [-0.25, -0.2) is 9.78 Å². The maximum atomic E-state index is 11.3. The lowest BCUT2D eigenvalue weighted by Gasteiger charge is -2.13. The highest BCUT2D eigenvalue weighted by Crippen LogP contribution is 2.31. The number of hydrogen-bond donors (Lipinski definition) is 2. The molecule has 0 spiro atoms. The van der Waals surface area contributed by atoms with Crippen molar-refractivity contribution in [1.29, 1.82) is 0 Å². The van der Waals surface area contributed by atoms with Gasteiger partial charge in [-0.3, -0.25) is 4.98 Å². The third-order valence-electron chi connectivity index (χ3n) is 4.24. The minimum absolute atomic E-state index is 0.213. The van der Waals surface area contributed by atoms with Crippen LogP contribution in [-0.4, -0.2) is 21.0 Å². The number of para-hydroxylation sites is 1. The second-order valence-corrected chi connectivity index (χ2v) is 5.86. The Hall–Kier alpha value is -3.47. The third kappa shape index (κ3) is 2.65. The summed E-state index contributed by atoms with van der Waals surface area (Å²) in [6.45, 7) is 2.02. The molecule has 2 aromatic heterocycles. The molecule has 0 bridgehead atoms. The summed E-state index contributed by atoms with van der Waals surface area (Å²) in [5.74, 6) is -0.287. The van der Waals surface area contributed by atoms with Crippen molar-refractivity contribution in [2.24, 2.45) is 0 Å². The Morgan fingerprint density at radius 3 is 2.68 bits per heavy atom. The number of pyridine rings is 2. The van der Waals surface area contributed by atoms with Crippen LogP contribution in [-0.2, 0) is 0 Å². The van der Waals surface area contributed by atoms with Crippen molar-refractivity contribution in [3.05, 3.63) is 72.1 Å². The maximum Gasteiger partial charge on any atom is 0.335 e. The van der Waals surface area contributed by atoms with Crippen LogP contribution in [0.2, 0.25) is 0 Å². The number of anilines is 2. The molecular weight excluding hydrogens is 314 g/mol. The van der Waals surface area contributed by atoms with Crippen LogP contribution in [0.15, 0.2) is 60.9 Å². The first-order valence-electron chi connectivity index (χ1n) is 7.87. The predicted molar refractivity (Wildman–Crippen MR) is 98.5 cm³/mol. The highest BCUT2D eigenvalue weighted by atomic mass is 16.4. The van der Waals surface area contributed by atoms with Crippen molar-refractivity contribution in [3.63, 3.8) is 0 Å². The molecule has 0 saturated heterocycles. The van der Waals surface area contributed by atoms with Crippen molar-refractivity contribution in [2.45, 2.75) is 6.92 Å². The fourth-order valence-electron chi connectivity index (χ4n) is 2.92. The van der Waals surface area contributed by atoms with Gasteiger partial charge in [-0.1, -0.05) is 24.3 Å². The van der Waals surface area contributed by atoms with Crippen LogP contribution in [0.3, 0.4) is 0 Å². The Kier molecular flexibility index (Phi) is 3.54. The van der Waals surface area contributed by atoms with Crippen molar-refractivity contribution < 1.29 is 9.90 Å². The topological polar surface area (TPSA) is 75.1 Å². The minimum atomic E-state index is -0.969. The van der Waals surface area contributed by atoms with E-state index in [0.717, 1.165) is 27.4 Å². The number of aryl methyl sites for hydroxylation is 1. The van der Waals surface area contributed by atoms with E-state index in [4.69, 9.17) is 0 Å². The van der Waals surface area contributed by atoms with Crippen LogP contribution in [0.25, 0.3) is 21.7 Å². The molecule has 0 aliphatic carbocycles. The summed E-state index contributed by atoms with van der Waals surface area (Å²) in [6.07, 6.45) is 3.51. The molecule has 2 N–H and O–H groups in total. The molecule has 0 amide bonds. The zero-order valence-electron chi connectivity index (χ0n) is 13.5. The molecule has 0 unspecified atom stereocenters. The van der Waals surface area contributed by atoms with Crippen molar-refractivity contribution >= 4 is 39.1 Å². The number of nitrogens with one attached hydrogen (secondary N) is 1. The van der Waals surface area contributed by atoms with Gasteiger partial charge in [0, 0.05) is 34.2 Å². The van der Waals surface area contributed by atoms with E-state index in [1.807, 2.05) is 37.3 Å². The molecule has 5 heteroatoms. The van der Waals surface area contributed by atoms with E-state index >= 15 is 0 Å². The number of hydrogen-bond acceptors (Lipinski definition) is 4. The number of carboxylic acid groups (broad SMARTS) is 1. The van der Waals surface area contributed by atoms with Crippen LogP contribution in [0.5, 0.6) is 0 Å². The van der Waals surface area contributed by atoms with Gasteiger partial charge in [0.05, 0.1) is 11.1 Å². The molecule has 0 fully saturated rings. The lowest BCUT2D eigenvalue weighted by Crippen LogP contribution is -2.00. The standard InChI is InChI=1S/C20H15N3O2/c1-12-4-2-3-5-17(12)22-19-15-8-9-21-11-16(15)14-7-6-13(20(24)25)10-18(14)23-19/h2-11H,1H3,(H,22,23)(H,24,25). The van der Waals surface area contributed by atoms with Gasteiger partial charge in [0.25, 0.3) is 0 Å². The SMILES string of the molecule is Cc1ccccc1Nc1nc2cc(C(=O)O)ccc2c2cnccc12. The molecule has 0 atom stereocenters. The van der Waals surface area contributed by atoms with Gasteiger partial charge in [0.2, 0.25) is 0 Å². The fourth-order valence-corrected chi connectivity index (χ4v) is 2.92. The second kappa shape index (κ2) is 5.87. The first kappa shape index (κ1) is 15.1. The van der Waals surface area contributed by atoms with E-state index < -0.39 is 5.97 Å². The van der Waals surface area contributed by atoms with E-state index in [1.54, 1.807) is 30.6 Å². The highest BCUT2D eigenvalue weighted by Gasteiger charge is 2.12. The summed E-state index contributed by atoms with van der Waals surface area (Å²) in [7, 11) is 0. The maximum absolute atomic E-state index is 11.3. The number of rotatable bonds is 3. The Bertz CT molecular complexity index is 1120. The largest absolute Gasteiger partial charge is 0.478 e. The summed E-state index contributed by atoms with van der Waals surface area (Å²) in [5.41, 5.74) is 2.90. The van der Waals surface area contributed by atoms with Crippen molar-refractivity contribution in [3.8, 4) is 0 Å². The normalized spacial score (nSPS) is 10.9. The predicted octanol–water partition coefficient (Wildman–Crippen LogP) is 4.53. The van der Waals surface area contributed by atoms with Crippen LogP contribution in [0.1, 0.15) is 15.9 Å². The van der Waals surface area contributed by atoms with Gasteiger partial charge in [0.1, 0.15) is 5.82 Å². The number of aromatic carboxylic acids is 1. The van der Waals surface area contributed by atoms with E-state index in [1.165, 1.54) is 0 Å². The molecule has 0 saturated carbocycles. The van der Waals surface area contributed by atoms with Gasteiger partial charge in [-0.15, -0.1) is 0 Å². The van der Waals surface area contributed by atoms with Gasteiger partial charge in [-0.05, 0) is 36.8 Å². The molecule has 0 radical (unpaired) electrons. The van der Waals surface area contributed by atoms with Gasteiger partial charge in [-0.2, -0.15) is 0 Å². The minimum Gasteiger partial charge on any atom is -0.478 e. The highest BCUT2D eigenvalue weighted by molar-refractivity contribution is 6.11. The Balaban J connectivity index is 1.98. The summed E-state index contributed by atoms with van der Waals surface area (Å²) in [4.78, 5) is 20.2. The fraction of sp³-hybridized carbons (Fsp3) is 0.0500. The zero-order chi connectivity index (χ0) is 17.4. The molecular formula is C20H15N3O2. The first-order valence-corrected chi connectivity index (χ1v) is 7.87.